The van der Waals surface area contributed by atoms with Gasteiger partial charge in [0.25, 0.3) is 0 Å². The predicted octanol–water partition coefficient (Wildman–Crippen LogP) is -1.03. The number of hydrogen-bond donors (Lipinski definition) is 12. The number of ether oxygens (including phenoxy) is 6. The fourth-order valence-electron chi connectivity index (χ4n) is 15.2. The van der Waals surface area contributed by atoms with Gasteiger partial charge in [0.1, 0.15) is 67.1 Å². The van der Waals surface area contributed by atoms with Gasteiger partial charge < -0.3 is 89.7 Å². The summed E-state index contributed by atoms with van der Waals surface area (Å²) >= 11 is 0. The Bertz CT molecular complexity index is 1820. The molecule has 0 bridgehead atoms. The van der Waals surface area contributed by atoms with Crippen LogP contribution in [0.5, 0.6) is 0 Å². The first-order chi connectivity index (χ1) is 31.4. The van der Waals surface area contributed by atoms with Gasteiger partial charge in [-0.2, -0.15) is 0 Å². The van der Waals surface area contributed by atoms with E-state index >= 15 is 4.79 Å². The molecule has 3 heterocycles. The molecule has 7 fully saturated rings. The lowest BCUT2D eigenvalue weighted by atomic mass is 9.33. The van der Waals surface area contributed by atoms with Gasteiger partial charge >= 0.3 is 5.97 Å². The largest absolute Gasteiger partial charge is 0.432 e. The van der Waals surface area contributed by atoms with Crippen molar-refractivity contribution in [2.45, 2.75) is 204 Å². The maximum absolute atomic E-state index is 15.0. The molecule has 19 nitrogen and oxygen atoms in total. The minimum absolute atomic E-state index is 0.0331. The van der Waals surface area contributed by atoms with Crippen molar-refractivity contribution in [1.82, 2.24) is 0 Å². The number of esters is 1. The van der Waals surface area contributed by atoms with Gasteiger partial charge in [-0.1, -0.05) is 53.2 Å². The molecule has 5 aliphatic carbocycles. The molecule has 0 aromatic rings. The van der Waals surface area contributed by atoms with Crippen molar-refractivity contribution in [1.29, 1.82) is 0 Å². The molecule has 0 aromatic heterocycles. The first-order valence-electron chi connectivity index (χ1n) is 24.5. The van der Waals surface area contributed by atoms with Crippen molar-refractivity contribution < 1.29 is 94.5 Å². The molecule has 384 valence electrons. The second-order valence-corrected chi connectivity index (χ2v) is 22.9. The molecule has 8 rings (SSSR count). The van der Waals surface area contributed by atoms with Crippen molar-refractivity contribution >= 4 is 5.97 Å². The first kappa shape index (κ1) is 51.9. The molecule has 0 aromatic carbocycles. The normalized spacial score (nSPS) is 56.7. The highest BCUT2D eigenvalue weighted by Gasteiger charge is 2.72. The molecule has 0 amide bonds. The van der Waals surface area contributed by atoms with Crippen LogP contribution in [0, 0.1) is 56.7 Å². The lowest BCUT2D eigenvalue weighted by molar-refractivity contribution is -0.361. The van der Waals surface area contributed by atoms with Crippen LogP contribution >= 0.6 is 0 Å². The Kier molecular flexibility index (Phi) is 14.4. The number of carbonyl (C=O) groups excluding carboxylic acids is 1. The Balaban J connectivity index is 0.988. The highest BCUT2D eigenvalue weighted by molar-refractivity contribution is 5.79. The molecule has 3 saturated heterocycles. The topological polar surface area (TPSA) is 315 Å². The lowest BCUT2D eigenvalue weighted by Gasteiger charge is -2.72. The standard InChI is InChI=1S/C48H78O19/c1-20-10-13-48(15-14-46(6)23(29(48)21(20)2)8-9-27-44(4)12-11-28(52)45(5,19-50)39(44)24(51)16-47(27,46)7)43(61)67-42-36(59)33(56)31(54)26(65-42)18-62-40-37(60)34(57)38(25(17-49)64-40)66-41-35(58)32(55)30(53)22(3)63-41/h8,20-22,24-42,49-60H,9-19H2,1-7H3/t20-,21+,22+,24-,25-,26-,27-,28+,29+,30+,31-,32-,33+,34+,35-,36-,37-,38-,39-,40-,41+,42+,44-,45-,46-,47-,48+/m1/s1. The minimum Gasteiger partial charge on any atom is -0.432 e. The Labute approximate surface area is 392 Å². The third-order valence-electron chi connectivity index (χ3n) is 19.6. The summed E-state index contributed by atoms with van der Waals surface area (Å²) in [6.45, 7) is 12.8. The van der Waals surface area contributed by atoms with E-state index in [-0.39, 0.29) is 41.6 Å². The van der Waals surface area contributed by atoms with Gasteiger partial charge in [-0.25, -0.2) is 0 Å². The molecule has 8 aliphatic rings. The molecular weight excluding hydrogens is 881 g/mol. The van der Waals surface area contributed by atoms with E-state index in [9.17, 15) is 61.3 Å². The van der Waals surface area contributed by atoms with Gasteiger partial charge in [0.05, 0.1) is 43.5 Å². The molecule has 12 N–H and O–H groups in total. The first-order valence-corrected chi connectivity index (χ1v) is 24.5. The molecule has 3 aliphatic heterocycles. The van der Waals surface area contributed by atoms with E-state index in [4.69, 9.17) is 28.4 Å². The maximum atomic E-state index is 15.0. The van der Waals surface area contributed by atoms with E-state index in [1.807, 2.05) is 6.92 Å². The number of allylic oxidation sites excluding steroid dienone is 2. The van der Waals surface area contributed by atoms with Crippen molar-refractivity contribution in [3.63, 3.8) is 0 Å². The number of aliphatic hydroxyl groups is 12. The molecule has 0 spiro atoms. The number of hydrogen-bond acceptors (Lipinski definition) is 19. The molecule has 4 saturated carbocycles. The van der Waals surface area contributed by atoms with Crippen LogP contribution in [0.25, 0.3) is 0 Å². The summed E-state index contributed by atoms with van der Waals surface area (Å²) in [5, 5.41) is 131. The van der Waals surface area contributed by atoms with E-state index in [2.05, 4.69) is 40.7 Å². The van der Waals surface area contributed by atoms with Gasteiger partial charge in [-0.15, -0.1) is 0 Å². The zero-order chi connectivity index (χ0) is 49.1. The zero-order valence-electron chi connectivity index (χ0n) is 39.8. The van der Waals surface area contributed by atoms with Crippen molar-refractivity contribution in [2.24, 2.45) is 56.7 Å². The highest BCUT2D eigenvalue weighted by atomic mass is 16.8. The highest BCUT2D eigenvalue weighted by Crippen LogP contribution is 2.76. The fraction of sp³-hybridized carbons (Fsp3) is 0.938. The second-order valence-electron chi connectivity index (χ2n) is 22.9. The van der Waals surface area contributed by atoms with Crippen molar-refractivity contribution in [3.8, 4) is 0 Å². The van der Waals surface area contributed by atoms with E-state index in [0.717, 1.165) is 12.0 Å². The average molecular weight is 959 g/mol. The molecule has 19 heteroatoms. The molecular formula is C48H78O19. The van der Waals surface area contributed by atoms with E-state index < -0.39 is 145 Å². The van der Waals surface area contributed by atoms with Crippen molar-refractivity contribution in [3.05, 3.63) is 11.6 Å². The molecule has 0 unspecified atom stereocenters. The smallest absolute Gasteiger partial charge is 0.315 e. The number of rotatable bonds is 9. The van der Waals surface area contributed by atoms with Gasteiger partial charge in [0.2, 0.25) is 6.29 Å². The molecule has 27 atom stereocenters. The van der Waals surface area contributed by atoms with Gasteiger partial charge in [0.15, 0.2) is 12.6 Å². The summed E-state index contributed by atoms with van der Waals surface area (Å²) in [4.78, 5) is 15.0. The van der Waals surface area contributed by atoms with E-state index in [1.165, 1.54) is 6.92 Å². The average Bonchev–Trinajstić information content (AvgIpc) is 3.29. The summed E-state index contributed by atoms with van der Waals surface area (Å²) in [6, 6.07) is 0. The summed E-state index contributed by atoms with van der Waals surface area (Å²) in [6.07, 6.45) is -18.9. The zero-order valence-corrected chi connectivity index (χ0v) is 39.8. The van der Waals surface area contributed by atoms with Crippen LogP contribution in [0.3, 0.4) is 0 Å². The summed E-state index contributed by atoms with van der Waals surface area (Å²) in [7, 11) is 0. The monoisotopic (exact) mass is 959 g/mol. The van der Waals surface area contributed by atoms with Gasteiger partial charge in [-0.05, 0) is 98.2 Å². The number of aliphatic hydroxyl groups excluding tert-OH is 12. The van der Waals surface area contributed by atoms with Crippen LogP contribution in [0.4, 0.5) is 0 Å². The van der Waals surface area contributed by atoms with Crippen LogP contribution in [0.1, 0.15) is 99.8 Å². The Morgan fingerprint density at radius 1 is 0.716 bits per heavy atom. The summed E-state index contributed by atoms with van der Waals surface area (Å²) < 4.78 is 34.7. The van der Waals surface area contributed by atoms with Crippen LogP contribution in [0.15, 0.2) is 11.6 Å². The van der Waals surface area contributed by atoms with Crippen LogP contribution in [-0.4, -0.2) is 191 Å². The number of fused-ring (bicyclic) bond motifs is 7. The third kappa shape index (κ3) is 7.92. The van der Waals surface area contributed by atoms with Gasteiger partial charge in [-0.3, -0.25) is 4.79 Å². The van der Waals surface area contributed by atoms with Gasteiger partial charge in [0, 0.05) is 11.3 Å². The summed E-state index contributed by atoms with van der Waals surface area (Å²) in [5.41, 5.74) is -1.95. The SMILES string of the molecule is C[C@H]1[C@H](C)CC[C@]2(C(=O)O[C@@H]3O[C@H](CO[C@@H]4O[C@H](CO)[C@@H](O[C@@H]5O[C@@H](C)[C@H](O)[C@@H](O)[C@H]5O)[C@@H](O)[C@H]4O)[C@@H](O)[C@H](O)[C@H]3O)CC[C@]3(C)C(=CC[C@@H]4[C@@]5(C)CC[C@H](O)[C@@](C)(CO)[C@@H]5[C@H](O)C[C@]43C)[C@H]12. The quantitative estimate of drug-likeness (QED) is 0.0971. The van der Waals surface area contributed by atoms with Crippen LogP contribution in [-0.2, 0) is 33.2 Å². The second kappa shape index (κ2) is 18.5. The van der Waals surface area contributed by atoms with E-state index in [1.54, 1.807) is 0 Å². The lowest BCUT2D eigenvalue weighted by Crippen LogP contribution is -2.69. The molecule has 0 radical (unpaired) electrons. The third-order valence-corrected chi connectivity index (χ3v) is 19.6. The Hall–Kier alpha value is -1.47. The van der Waals surface area contributed by atoms with Crippen LogP contribution < -0.4 is 0 Å². The molecule has 67 heavy (non-hydrogen) atoms. The minimum atomic E-state index is -1.87. The Morgan fingerprint density at radius 2 is 1.36 bits per heavy atom. The maximum Gasteiger partial charge on any atom is 0.315 e. The Morgan fingerprint density at radius 3 is 2.03 bits per heavy atom. The number of carbonyl (C=O) groups is 1. The van der Waals surface area contributed by atoms with E-state index in [0.29, 0.717) is 44.9 Å². The predicted molar refractivity (Wildman–Crippen MR) is 231 cm³/mol. The van der Waals surface area contributed by atoms with Crippen molar-refractivity contribution in [2.75, 3.05) is 19.8 Å². The summed E-state index contributed by atoms with van der Waals surface area (Å²) in [5.74, 6) is -0.782. The van der Waals surface area contributed by atoms with Crippen LogP contribution in [0.2, 0.25) is 0 Å². The fourth-order valence-corrected chi connectivity index (χ4v) is 15.2.